The van der Waals surface area contributed by atoms with Crippen LogP contribution in [0.5, 0.6) is 0 Å². The second kappa shape index (κ2) is 6.75. The van der Waals surface area contributed by atoms with Gasteiger partial charge in [0.05, 0.1) is 5.69 Å². The lowest BCUT2D eigenvalue weighted by molar-refractivity contribution is 1.29. The highest BCUT2D eigenvalue weighted by molar-refractivity contribution is 6.25. The zero-order valence-electron chi connectivity index (χ0n) is 17.3. The first-order valence-corrected chi connectivity index (χ1v) is 10.6. The minimum atomic E-state index is 0.767. The van der Waals surface area contributed by atoms with Crippen LogP contribution < -0.4 is 10.6 Å². The summed E-state index contributed by atoms with van der Waals surface area (Å²) >= 11 is 0. The lowest BCUT2D eigenvalue weighted by Gasteiger charge is -2.28. The Hall–Kier alpha value is -4.04. The fourth-order valence-corrected chi connectivity index (χ4v) is 4.66. The molecular weight excluding hydrogens is 376 g/mol. The van der Waals surface area contributed by atoms with E-state index < -0.39 is 0 Å². The van der Waals surface area contributed by atoms with Gasteiger partial charge in [-0.05, 0) is 76.3 Å². The molecule has 6 aromatic carbocycles. The lowest BCUT2D eigenvalue weighted by Crippen LogP contribution is -2.10. The summed E-state index contributed by atoms with van der Waals surface area (Å²) in [6.45, 7) is 2.12. The summed E-state index contributed by atoms with van der Waals surface area (Å²) < 4.78 is 0. The van der Waals surface area contributed by atoms with Gasteiger partial charge in [-0.1, -0.05) is 66.2 Å². The van der Waals surface area contributed by atoms with Gasteiger partial charge in [0.25, 0.3) is 0 Å². The molecule has 2 nitrogen and oxygen atoms in total. The summed E-state index contributed by atoms with van der Waals surface area (Å²) in [6, 6.07) is 36.8. The number of rotatable bonds is 3. The largest absolute Gasteiger partial charge is 0.399 e. The summed E-state index contributed by atoms with van der Waals surface area (Å²) in [5, 5.41) is 7.73. The number of aryl methyl sites for hydroxylation is 1. The van der Waals surface area contributed by atoms with Crippen LogP contribution in [0.1, 0.15) is 5.56 Å². The molecule has 0 amide bonds. The summed E-state index contributed by atoms with van der Waals surface area (Å²) in [7, 11) is 0. The van der Waals surface area contributed by atoms with E-state index in [0.717, 1.165) is 17.1 Å². The number of nitrogens with zero attached hydrogens (tertiary/aromatic N) is 1. The fraction of sp³-hybridized carbons (Fsp3) is 0.0345. The van der Waals surface area contributed by atoms with Crippen molar-refractivity contribution in [1.29, 1.82) is 0 Å². The highest BCUT2D eigenvalue weighted by atomic mass is 15.1. The maximum Gasteiger partial charge on any atom is 0.0540 e. The van der Waals surface area contributed by atoms with Gasteiger partial charge in [-0.15, -0.1) is 0 Å². The van der Waals surface area contributed by atoms with Crippen molar-refractivity contribution in [3.05, 3.63) is 109 Å². The smallest absolute Gasteiger partial charge is 0.0540 e. The molecule has 0 saturated heterocycles. The van der Waals surface area contributed by atoms with Crippen LogP contribution in [0.25, 0.3) is 32.3 Å². The third kappa shape index (κ3) is 2.80. The monoisotopic (exact) mass is 398 g/mol. The molecule has 0 aliphatic heterocycles. The molecule has 0 spiro atoms. The molecule has 2 heteroatoms. The van der Waals surface area contributed by atoms with Crippen molar-refractivity contribution < 1.29 is 0 Å². The number of benzene rings is 6. The first-order chi connectivity index (χ1) is 15.2. The first kappa shape index (κ1) is 17.8. The second-order valence-electron chi connectivity index (χ2n) is 8.20. The van der Waals surface area contributed by atoms with Crippen LogP contribution in [-0.2, 0) is 0 Å². The topological polar surface area (TPSA) is 29.3 Å². The Balaban J connectivity index is 1.69. The number of nitrogens with two attached hydrogens (primary N) is 1. The first-order valence-electron chi connectivity index (χ1n) is 10.6. The van der Waals surface area contributed by atoms with Crippen molar-refractivity contribution in [2.24, 2.45) is 0 Å². The number of hydrogen-bond acceptors (Lipinski definition) is 2. The molecule has 0 aromatic heterocycles. The zero-order chi connectivity index (χ0) is 20.9. The van der Waals surface area contributed by atoms with Gasteiger partial charge in [0.1, 0.15) is 0 Å². The van der Waals surface area contributed by atoms with Crippen LogP contribution >= 0.6 is 0 Å². The molecule has 0 radical (unpaired) electrons. The molecule has 0 bridgehead atoms. The minimum Gasteiger partial charge on any atom is -0.399 e. The van der Waals surface area contributed by atoms with E-state index in [-0.39, 0.29) is 0 Å². The van der Waals surface area contributed by atoms with E-state index in [1.54, 1.807) is 0 Å². The lowest BCUT2D eigenvalue weighted by atomic mass is 9.93. The van der Waals surface area contributed by atoms with Crippen LogP contribution in [0.3, 0.4) is 0 Å². The number of anilines is 4. The number of nitrogen functional groups attached to an aromatic ring is 1. The second-order valence-corrected chi connectivity index (χ2v) is 8.20. The van der Waals surface area contributed by atoms with Crippen LogP contribution in [0.4, 0.5) is 22.7 Å². The molecule has 0 unspecified atom stereocenters. The van der Waals surface area contributed by atoms with Crippen molar-refractivity contribution in [1.82, 2.24) is 0 Å². The quantitative estimate of drug-likeness (QED) is 0.242. The summed E-state index contributed by atoms with van der Waals surface area (Å²) in [4.78, 5) is 2.32. The summed E-state index contributed by atoms with van der Waals surface area (Å²) in [6.07, 6.45) is 0. The van der Waals surface area contributed by atoms with E-state index in [1.165, 1.54) is 43.6 Å². The predicted octanol–water partition coefficient (Wildman–Crippen LogP) is 7.94. The number of hydrogen-bond donors (Lipinski definition) is 1. The van der Waals surface area contributed by atoms with E-state index in [0.29, 0.717) is 0 Å². The highest BCUT2D eigenvalue weighted by Gasteiger charge is 2.18. The van der Waals surface area contributed by atoms with Crippen LogP contribution in [0.15, 0.2) is 103 Å². The average molecular weight is 399 g/mol. The molecule has 0 fully saturated rings. The van der Waals surface area contributed by atoms with Gasteiger partial charge in [0.2, 0.25) is 0 Å². The molecule has 0 aliphatic carbocycles. The normalized spacial score (nSPS) is 11.5. The molecule has 0 aliphatic rings. The molecule has 6 aromatic rings. The van der Waals surface area contributed by atoms with Gasteiger partial charge in [0.15, 0.2) is 0 Å². The van der Waals surface area contributed by atoms with Crippen molar-refractivity contribution in [3.8, 4) is 0 Å². The highest BCUT2D eigenvalue weighted by Crippen LogP contribution is 2.43. The van der Waals surface area contributed by atoms with E-state index in [4.69, 9.17) is 5.73 Å². The molecule has 0 saturated carbocycles. The van der Waals surface area contributed by atoms with Gasteiger partial charge in [0, 0.05) is 22.4 Å². The SMILES string of the molecule is Cc1ccc(N(c2ccc(N)cc2)c2ccc3ccc4cccc5ccc2c3c45)cc1. The van der Waals surface area contributed by atoms with Crippen LogP contribution in [-0.4, -0.2) is 0 Å². The standard InChI is InChI=1S/C29H22N2/c1-19-5-13-24(14-6-19)31(25-15-11-23(30)12-16-25)27-18-10-22-8-7-20-3-2-4-21-9-17-26(27)29(22)28(20)21/h2-18H,30H2,1H3. The summed E-state index contributed by atoms with van der Waals surface area (Å²) in [5.74, 6) is 0. The molecule has 2 N–H and O–H groups in total. The predicted molar refractivity (Wildman–Crippen MR) is 134 cm³/mol. The van der Waals surface area contributed by atoms with E-state index in [9.17, 15) is 0 Å². The summed E-state index contributed by atoms with van der Waals surface area (Å²) in [5.41, 5.74) is 11.4. The maximum absolute atomic E-state index is 5.99. The van der Waals surface area contributed by atoms with Gasteiger partial charge in [-0.25, -0.2) is 0 Å². The van der Waals surface area contributed by atoms with Crippen molar-refractivity contribution in [3.63, 3.8) is 0 Å². The van der Waals surface area contributed by atoms with Gasteiger partial charge in [-0.2, -0.15) is 0 Å². The van der Waals surface area contributed by atoms with Gasteiger partial charge in [-0.3, -0.25) is 0 Å². The van der Waals surface area contributed by atoms with E-state index in [1.807, 2.05) is 12.1 Å². The Kier molecular flexibility index (Phi) is 3.87. The Morgan fingerprint density at radius 3 is 1.77 bits per heavy atom. The fourth-order valence-electron chi connectivity index (χ4n) is 4.66. The Labute approximate surface area is 181 Å². The minimum absolute atomic E-state index is 0.767. The van der Waals surface area contributed by atoms with Crippen LogP contribution in [0.2, 0.25) is 0 Å². The molecule has 31 heavy (non-hydrogen) atoms. The molecule has 0 heterocycles. The van der Waals surface area contributed by atoms with Gasteiger partial charge < -0.3 is 10.6 Å². The maximum atomic E-state index is 5.99. The third-order valence-corrected chi connectivity index (χ3v) is 6.19. The van der Waals surface area contributed by atoms with Gasteiger partial charge >= 0.3 is 0 Å². The molecule has 6 rings (SSSR count). The average Bonchev–Trinajstić information content (AvgIpc) is 2.81. The van der Waals surface area contributed by atoms with Crippen LogP contribution in [0, 0.1) is 6.92 Å². The van der Waals surface area contributed by atoms with Crippen molar-refractivity contribution >= 4 is 55.1 Å². The van der Waals surface area contributed by atoms with E-state index in [2.05, 4.69) is 103 Å². The van der Waals surface area contributed by atoms with Crippen molar-refractivity contribution in [2.75, 3.05) is 10.6 Å². The third-order valence-electron chi connectivity index (χ3n) is 6.19. The Morgan fingerprint density at radius 1 is 0.548 bits per heavy atom. The Bertz CT molecular complexity index is 1470. The zero-order valence-corrected chi connectivity index (χ0v) is 17.3. The Morgan fingerprint density at radius 2 is 1.10 bits per heavy atom. The molecular formula is C29H22N2. The molecule has 0 atom stereocenters. The molecule has 148 valence electrons. The van der Waals surface area contributed by atoms with E-state index >= 15 is 0 Å². The van der Waals surface area contributed by atoms with Crippen molar-refractivity contribution in [2.45, 2.75) is 6.92 Å².